The van der Waals surface area contributed by atoms with Crippen molar-refractivity contribution in [3.63, 3.8) is 0 Å². The SMILES string of the molecule is CCCCCCCCCCCCCCCC(CCCOC=O)C(=O)O.CCCCCCCCCCCCCCCC(CCOC=O)CC(=O)O.CCCCCCCCCCCCCCCC1CCCC(O)C1.O. The second-order valence-electron chi connectivity index (χ2n) is 22.1. The first-order valence-corrected chi connectivity index (χ1v) is 31.5. The van der Waals surface area contributed by atoms with Gasteiger partial charge in [0.25, 0.3) is 12.9 Å². The topological polar surface area (TPSA) is 179 Å². The summed E-state index contributed by atoms with van der Waals surface area (Å²) < 4.78 is 9.30. The summed E-state index contributed by atoms with van der Waals surface area (Å²) in [6.45, 7) is 8.32. The van der Waals surface area contributed by atoms with Crippen molar-refractivity contribution in [2.45, 2.75) is 348 Å². The molecule has 1 saturated carbocycles. The van der Waals surface area contributed by atoms with Gasteiger partial charge >= 0.3 is 11.9 Å². The van der Waals surface area contributed by atoms with Crippen LogP contribution in [0, 0.1) is 17.8 Å². The highest BCUT2D eigenvalue weighted by molar-refractivity contribution is 5.69. The monoisotopic (exact) mass is 1040 g/mol. The molecule has 0 spiro atoms. The van der Waals surface area contributed by atoms with E-state index < -0.39 is 11.9 Å². The van der Waals surface area contributed by atoms with Gasteiger partial charge in [-0.1, -0.05) is 290 Å². The van der Waals surface area contributed by atoms with E-state index in [4.69, 9.17) is 9.84 Å². The first-order valence-electron chi connectivity index (χ1n) is 31.5. The fourth-order valence-corrected chi connectivity index (χ4v) is 10.6. The summed E-state index contributed by atoms with van der Waals surface area (Å²) in [7, 11) is 0. The van der Waals surface area contributed by atoms with Gasteiger partial charge in [-0.15, -0.1) is 0 Å². The minimum atomic E-state index is -0.759. The Morgan fingerprint density at radius 2 is 0.795 bits per heavy atom. The Hall–Kier alpha value is -2.20. The number of hydrogen-bond acceptors (Lipinski definition) is 7. The van der Waals surface area contributed by atoms with Crippen LogP contribution in [0.3, 0.4) is 0 Å². The third-order valence-electron chi connectivity index (χ3n) is 15.3. The summed E-state index contributed by atoms with van der Waals surface area (Å²) in [5, 5.41) is 27.8. The quantitative estimate of drug-likeness (QED) is 0.0395. The van der Waals surface area contributed by atoms with Crippen LogP contribution in [0.4, 0.5) is 0 Å². The summed E-state index contributed by atoms with van der Waals surface area (Å²) in [6, 6.07) is 0. The lowest BCUT2D eigenvalue weighted by Gasteiger charge is -2.25. The number of hydrogen-bond donors (Lipinski definition) is 3. The smallest absolute Gasteiger partial charge is 0.306 e. The molecule has 1 rings (SSSR count). The van der Waals surface area contributed by atoms with Gasteiger partial charge in [-0.05, 0) is 56.8 Å². The van der Waals surface area contributed by atoms with Crippen LogP contribution in [0.5, 0.6) is 0 Å². The molecule has 0 aromatic rings. The molecule has 0 aliphatic heterocycles. The average molecular weight is 1040 g/mol. The Balaban J connectivity index is -0.00000100. The van der Waals surface area contributed by atoms with Gasteiger partial charge in [0.2, 0.25) is 0 Å². The van der Waals surface area contributed by atoms with Crippen molar-refractivity contribution in [3.8, 4) is 0 Å². The lowest BCUT2D eigenvalue weighted by Crippen LogP contribution is -2.19. The third kappa shape index (κ3) is 62.2. The molecule has 0 saturated heterocycles. The van der Waals surface area contributed by atoms with Crippen molar-refractivity contribution in [1.29, 1.82) is 0 Å². The van der Waals surface area contributed by atoms with E-state index in [0.29, 0.717) is 45.4 Å². The standard InChI is InChI=1S/2C21H40O4.C21H42O.H2O/c1-2-3-4-5-6-7-8-9-10-11-12-13-14-16-20(21(23)24)17-15-18-25-19-22;1-2-3-4-5-6-7-8-9-10-11-12-13-14-15-20(18-21(23)24)16-17-25-19-22;1-2-3-4-5-6-7-8-9-10-11-12-13-14-16-20-17-15-18-21(22)19-20;/h2*19-20H,2-18H2,1H3,(H,23,24);20-22H,2-19H2,1H3;1H2. The number of aliphatic hydroxyl groups excluding tert-OH is 1. The van der Waals surface area contributed by atoms with E-state index >= 15 is 0 Å². The van der Waals surface area contributed by atoms with Crippen LogP contribution in [0.1, 0.15) is 342 Å². The molecule has 4 unspecified atom stereocenters. The van der Waals surface area contributed by atoms with Gasteiger partial charge in [-0.3, -0.25) is 19.2 Å². The Morgan fingerprint density at radius 3 is 1.15 bits per heavy atom. The average Bonchev–Trinajstić information content (AvgIpc) is 3.36. The van der Waals surface area contributed by atoms with Crippen LogP contribution in [-0.4, -0.2) is 65.0 Å². The molecular weight excluding hydrogens is 917 g/mol. The summed E-state index contributed by atoms with van der Waals surface area (Å²) in [4.78, 5) is 42.3. The van der Waals surface area contributed by atoms with Crippen molar-refractivity contribution in [1.82, 2.24) is 0 Å². The van der Waals surface area contributed by atoms with Crippen LogP contribution >= 0.6 is 0 Å². The van der Waals surface area contributed by atoms with E-state index in [2.05, 4.69) is 25.5 Å². The Kier molecular flexibility index (Phi) is 65.9. The molecule has 0 heterocycles. The molecule has 0 bridgehead atoms. The van der Waals surface area contributed by atoms with Gasteiger partial charge in [0.1, 0.15) is 0 Å². The molecule has 1 fully saturated rings. The summed E-state index contributed by atoms with van der Waals surface area (Å²) in [6.07, 6.45) is 62.7. The summed E-state index contributed by atoms with van der Waals surface area (Å²) in [5.41, 5.74) is 0. The minimum absolute atomic E-state index is 0. The van der Waals surface area contributed by atoms with Crippen LogP contribution in [-0.2, 0) is 28.7 Å². The fourth-order valence-electron chi connectivity index (χ4n) is 10.6. The van der Waals surface area contributed by atoms with E-state index in [9.17, 15) is 29.4 Å². The third-order valence-corrected chi connectivity index (χ3v) is 15.3. The highest BCUT2D eigenvalue weighted by Crippen LogP contribution is 2.29. The molecule has 4 atom stereocenters. The molecule has 0 aromatic heterocycles. The Labute approximate surface area is 451 Å². The zero-order valence-corrected chi connectivity index (χ0v) is 48.5. The number of carboxylic acid groups (broad SMARTS) is 2. The van der Waals surface area contributed by atoms with Crippen molar-refractivity contribution >= 4 is 24.9 Å². The predicted octanol–water partition coefficient (Wildman–Crippen LogP) is 18.4. The Morgan fingerprint density at radius 1 is 0.452 bits per heavy atom. The van der Waals surface area contributed by atoms with E-state index in [1.54, 1.807) is 0 Å². The van der Waals surface area contributed by atoms with Gasteiger partial charge in [-0.2, -0.15) is 0 Å². The second-order valence-corrected chi connectivity index (χ2v) is 22.1. The summed E-state index contributed by atoms with van der Waals surface area (Å²) in [5.74, 6) is -0.805. The van der Waals surface area contributed by atoms with Crippen molar-refractivity contribution < 1.29 is 49.4 Å². The maximum Gasteiger partial charge on any atom is 0.306 e. The molecular formula is C63H124O10. The molecule has 0 amide bonds. The van der Waals surface area contributed by atoms with E-state index in [-0.39, 0.29) is 29.8 Å². The second kappa shape index (κ2) is 64.1. The van der Waals surface area contributed by atoms with E-state index in [0.717, 1.165) is 50.9 Å². The number of carboxylic acids is 2. The number of unbranched alkanes of at least 4 members (excludes halogenated alkanes) is 36. The van der Waals surface area contributed by atoms with Crippen molar-refractivity contribution in [2.24, 2.45) is 17.8 Å². The lowest BCUT2D eigenvalue weighted by molar-refractivity contribution is -0.142. The van der Waals surface area contributed by atoms with Crippen molar-refractivity contribution in [2.75, 3.05) is 13.2 Å². The maximum absolute atomic E-state index is 11.2. The molecule has 1 aliphatic rings. The van der Waals surface area contributed by atoms with Gasteiger partial charge in [0.05, 0.1) is 25.2 Å². The highest BCUT2D eigenvalue weighted by atomic mass is 16.5. The van der Waals surface area contributed by atoms with Crippen LogP contribution in [0.25, 0.3) is 0 Å². The molecule has 10 nitrogen and oxygen atoms in total. The molecule has 0 aromatic carbocycles. The fraction of sp³-hybridized carbons (Fsp3) is 0.937. The number of rotatable bonds is 54. The molecule has 73 heavy (non-hydrogen) atoms. The number of carbonyl (C=O) groups is 4. The van der Waals surface area contributed by atoms with Gasteiger partial charge in [0, 0.05) is 6.42 Å². The number of carbonyl (C=O) groups excluding carboxylic acids is 2. The van der Waals surface area contributed by atoms with Crippen LogP contribution in [0.15, 0.2) is 0 Å². The molecule has 5 N–H and O–H groups in total. The lowest BCUT2D eigenvalue weighted by atomic mass is 9.84. The van der Waals surface area contributed by atoms with Gasteiger partial charge < -0.3 is 30.3 Å². The zero-order chi connectivity index (χ0) is 53.1. The van der Waals surface area contributed by atoms with Gasteiger partial charge in [-0.25, -0.2) is 0 Å². The van der Waals surface area contributed by atoms with Gasteiger partial charge in [0.15, 0.2) is 0 Å². The molecule has 436 valence electrons. The first-order chi connectivity index (χ1) is 35.2. The highest BCUT2D eigenvalue weighted by Gasteiger charge is 2.20. The zero-order valence-electron chi connectivity index (χ0n) is 48.5. The largest absolute Gasteiger partial charge is 0.481 e. The van der Waals surface area contributed by atoms with Crippen LogP contribution in [0.2, 0.25) is 0 Å². The Bertz CT molecular complexity index is 1100. The summed E-state index contributed by atoms with van der Waals surface area (Å²) >= 11 is 0. The predicted molar refractivity (Wildman–Crippen MR) is 307 cm³/mol. The normalized spacial score (nSPS) is 14.9. The number of aliphatic hydroxyl groups is 1. The maximum atomic E-state index is 11.2. The number of aliphatic carboxylic acids is 2. The molecule has 1 aliphatic carbocycles. The molecule has 10 heteroatoms. The van der Waals surface area contributed by atoms with E-state index in [1.807, 2.05) is 0 Å². The van der Waals surface area contributed by atoms with E-state index in [1.165, 1.54) is 250 Å². The first kappa shape index (κ1) is 75.0. The van der Waals surface area contributed by atoms with Crippen LogP contribution < -0.4 is 0 Å². The minimum Gasteiger partial charge on any atom is -0.481 e. The number of ether oxygens (including phenoxy) is 2. The molecule has 0 radical (unpaired) electrons. The van der Waals surface area contributed by atoms with Crippen molar-refractivity contribution in [3.05, 3.63) is 0 Å².